The zero-order valence-electron chi connectivity index (χ0n) is 18.8. The first-order chi connectivity index (χ1) is 13.8. The highest BCUT2D eigenvalue weighted by Crippen LogP contribution is 2.44. The van der Waals surface area contributed by atoms with E-state index in [4.69, 9.17) is 0 Å². The third-order valence-electron chi connectivity index (χ3n) is 6.38. The first kappa shape index (κ1) is 21.5. The molecule has 2 unspecified atom stereocenters. The summed E-state index contributed by atoms with van der Waals surface area (Å²) in [5.74, 6) is 0.744. The van der Waals surface area contributed by atoms with Crippen LogP contribution in [-0.2, 0) is 0 Å². The average Bonchev–Trinajstić information content (AvgIpc) is 2.69. The molecule has 0 amide bonds. The Labute approximate surface area is 175 Å². The van der Waals surface area contributed by atoms with Gasteiger partial charge in [-0.05, 0) is 80.3 Å². The van der Waals surface area contributed by atoms with Gasteiger partial charge in [0.05, 0.1) is 5.69 Å². The molecule has 2 atom stereocenters. The normalized spacial score (nSPS) is 19.4. The molecule has 29 heavy (non-hydrogen) atoms. The molecule has 2 aromatic rings. The molecule has 1 aliphatic heterocycles. The molecule has 156 valence electrons. The SMILES string of the molecule is CCCN1c2cc(F)c(C=Nc3ccc(C(C)CC)cc3)cc2C(C)CC1(C)C. The highest BCUT2D eigenvalue weighted by Gasteiger charge is 2.36. The van der Waals surface area contributed by atoms with Gasteiger partial charge in [-0.25, -0.2) is 4.39 Å². The molecule has 0 saturated carbocycles. The van der Waals surface area contributed by atoms with Gasteiger partial charge in [0.1, 0.15) is 5.82 Å². The largest absolute Gasteiger partial charge is 0.366 e. The van der Waals surface area contributed by atoms with E-state index >= 15 is 0 Å². The number of hydrogen-bond donors (Lipinski definition) is 0. The minimum Gasteiger partial charge on any atom is -0.366 e. The van der Waals surface area contributed by atoms with Crippen molar-refractivity contribution in [2.24, 2.45) is 4.99 Å². The molecule has 3 rings (SSSR count). The van der Waals surface area contributed by atoms with Gasteiger partial charge in [0.2, 0.25) is 0 Å². The molecule has 1 heterocycles. The first-order valence-corrected chi connectivity index (χ1v) is 11.0. The van der Waals surface area contributed by atoms with Crippen molar-refractivity contribution in [1.82, 2.24) is 0 Å². The maximum absolute atomic E-state index is 15.0. The van der Waals surface area contributed by atoms with E-state index in [1.54, 1.807) is 12.3 Å². The van der Waals surface area contributed by atoms with E-state index in [1.165, 1.54) is 11.1 Å². The smallest absolute Gasteiger partial charge is 0.134 e. The Hall–Kier alpha value is -2.16. The maximum Gasteiger partial charge on any atom is 0.134 e. The molecule has 0 saturated heterocycles. The molecular formula is C26H35FN2. The lowest BCUT2D eigenvalue weighted by atomic mass is 9.79. The fourth-order valence-corrected chi connectivity index (χ4v) is 4.54. The highest BCUT2D eigenvalue weighted by atomic mass is 19.1. The minimum atomic E-state index is -0.199. The third-order valence-corrected chi connectivity index (χ3v) is 6.38. The number of halogens is 1. The maximum atomic E-state index is 15.0. The number of fused-ring (bicyclic) bond motifs is 1. The Bertz CT molecular complexity index is 867. The lowest BCUT2D eigenvalue weighted by molar-refractivity contribution is 0.375. The lowest BCUT2D eigenvalue weighted by Gasteiger charge is -2.47. The van der Waals surface area contributed by atoms with Crippen molar-refractivity contribution in [1.29, 1.82) is 0 Å². The number of benzene rings is 2. The second-order valence-corrected chi connectivity index (χ2v) is 9.16. The summed E-state index contributed by atoms with van der Waals surface area (Å²) in [4.78, 5) is 6.92. The van der Waals surface area contributed by atoms with Gasteiger partial charge in [-0.2, -0.15) is 0 Å². The number of rotatable bonds is 6. The summed E-state index contributed by atoms with van der Waals surface area (Å²) in [6, 6.07) is 12.0. The summed E-state index contributed by atoms with van der Waals surface area (Å²) in [6.45, 7) is 14.3. The number of anilines is 1. The summed E-state index contributed by atoms with van der Waals surface area (Å²) in [5.41, 5.74) is 5.06. The van der Waals surface area contributed by atoms with Gasteiger partial charge in [-0.1, -0.05) is 39.8 Å². The zero-order valence-corrected chi connectivity index (χ0v) is 18.8. The van der Waals surface area contributed by atoms with Crippen molar-refractivity contribution < 1.29 is 4.39 Å². The quantitative estimate of drug-likeness (QED) is 0.461. The van der Waals surface area contributed by atoms with E-state index in [-0.39, 0.29) is 11.4 Å². The fraction of sp³-hybridized carbons (Fsp3) is 0.500. The fourth-order valence-electron chi connectivity index (χ4n) is 4.54. The van der Waals surface area contributed by atoms with E-state index in [1.807, 2.05) is 18.2 Å². The van der Waals surface area contributed by atoms with Gasteiger partial charge in [0.15, 0.2) is 0 Å². The van der Waals surface area contributed by atoms with E-state index < -0.39 is 0 Å². The van der Waals surface area contributed by atoms with Crippen molar-refractivity contribution in [3.05, 3.63) is 58.9 Å². The average molecular weight is 395 g/mol. The van der Waals surface area contributed by atoms with Crippen molar-refractivity contribution >= 4 is 17.6 Å². The van der Waals surface area contributed by atoms with E-state index in [0.29, 0.717) is 17.4 Å². The van der Waals surface area contributed by atoms with Crippen LogP contribution >= 0.6 is 0 Å². The Morgan fingerprint density at radius 1 is 1.21 bits per heavy atom. The number of aliphatic imine (C=N–C) groups is 1. The highest BCUT2D eigenvalue weighted by molar-refractivity contribution is 5.84. The molecule has 0 bridgehead atoms. The van der Waals surface area contributed by atoms with Crippen molar-refractivity contribution in [2.75, 3.05) is 11.4 Å². The zero-order chi connectivity index (χ0) is 21.2. The number of hydrogen-bond acceptors (Lipinski definition) is 2. The van der Waals surface area contributed by atoms with Gasteiger partial charge >= 0.3 is 0 Å². The molecule has 0 spiro atoms. The Kier molecular flexibility index (Phi) is 6.45. The van der Waals surface area contributed by atoms with E-state index in [0.717, 1.165) is 37.2 Å². The minimum absolute atomic E-state index is 0.0435. The monoisotopic (exact) mass is 394 g/mol. The Morgan fingerprint density at radius 3 is 2.52 bits per heavy atom. The molecule has 2 aromatic carbocycles. The molecule has 0 N–H and O–H groups in total. The van der Waals surface area contributed by atoms with Crippen LogP contribution in [0.15, 0.2) is 41.4 Å². The molecule has 0 radical (unpaired) electrons. The van der Waals surface area contributed by atoms with Gasteiger partial charge in [-0.15, -0.1) is 0 Å². The Balaban J connectivity index is 1.90. The van der Waals surface area contributed by atoms with Crippen molar-refractivity contribution in [3.63, 3.8) is 0 Å². The van der Waals surface area contributed by atoms with Crippen LogP contribution in [0.2, 0.25) is 0 Å². The van der Waals surface area contributed by atoms with Crippen molar-refractivity contribution in [3.8, 4) is 0 Å². The predicted octanol–water partition coefficient (Wildman–Crippen LogP) is 7.59. The second-order valence-electron chi connectivity index (χ2n) is 9.16. The Morgan fingerprint density at radius 2 is 1.90 bits per heavy atom. The molecule has 1 aliphatic rings. The van der Waals surface area contributed by atoms with Crippen LogP contribution in [0.25, 0.3) is 0 Å². The standard InChI is InChI=1S/C26H35FN2/c1-7-13-29-25-15-24(27)21(14-23(25)19(4)16-26(29,5)6)17-28-22-11-9-20(10-12-22)18(3)8-2/h9-12,14-15,17-19H,7-8,13,16H2,1-6H3. The molecule has 0 aliphatic carbocycles. The molecular weight excluding hydrogens is 359 g/mol. The summed E-state index contributed by atoms with van der Waals surface area (Å²) in [7, 11) is 0. The second kappa shape index (κ2) is 8.69. The van der Waals surface area contributed by atoms with Crippen LogP contribution in [0.3, 0.4) is 0 Å². The van der Waals surface area contributed by atoms with Crippen LogP contribution in [0.4, 0.5) is 15.8 Å². The molecule has 0 aromatic heterocycles. The molecule has 3 heteroatoms. The molecule has 0 fully saturated rings. The summed E-state index contributed by atoms with van der Waals surface area (Å²) in [6.07, 6.45) is 4.91. The van der Waals surface area contributed by atoms with Crippen LogP contribution < -0.4 is 4.90 Å². The molecule has 2 nitrogen and oxygen atoms in total. The van der Waals surface area contributed by atoms with Gasteiger partial charge in [-0.3, -0.25) is 4.99 Å². The van der Waals surface area contributed by atoms with Crippen LogP contribution in [-0.4, -0.2) is 18.3 Å². The third kappa shape index (κ3) is 4.55. The lowest BCUT2D eigenvalue weighted by Crippen LogP contribution is -2.48. The topological polar surface area (TPSA) is 15.6 Å². The number of nitrogens with zero attached hydrogens (tertiary/aromatic N) is 2. The van der Waals surface area contributed by atoms with Crippen LogP contribution in [0, 0.1) is 5.82 Å². The van der Waals surface area contributed by atoms with Crippen LogP contribution in [0.5, 0.6) is 0 Å². The van der Waals surface area contributed by atoms with Gasteiger partial charge in [0.25, 0.3) is 0 Å². The van der Waals surface area contributed by atoms with Crippen LogP contribution in [0.1, 0.15) is 89.3 Å². The van der Waals surface area contributed by atoms with Gasteiger partial charge in [0, 0.05) is 29.5 Å². The summed E-state index contributed by atoms with van der Waals surface area (Å²) < 4.78 is 15.0. The van der Waals surface area contributed by atoms with E-state index in [9.17, 15) is 4.39 Å². The first-order valence-electron chi connectivity index (χ1n) is 11.0. The summed E-state index contributed by atoms with van der Waals surface area (Å²) in [5, 5.41) is 0. The predicted molar refractivity (Wildman–Crippen MR) is 124 cm³/mol. The van der Waals surface area contributed by atoms with Crippen molar-refractivity contribution in [2.45, 2.75) is 78.2 Å². The summed E-state index contributed by atoms with van der Waals surface area (Å²) >= 11 is 0. The van der Waals surface area contributed by atoms with E-state index in [2.05, 4.69) is 63.6 Å². The van der Waals surface area contributed by atoms with Gasteiger partial charge < -0.3 is 4.90 Å².